The van der Waals surface area contributed by atoms with Crippen molar-refractivity contribution in [3.05, 3.63) is 29.8 Å². The maximum atomic E-state index is 5.95. The normalized spacial score (nSPS) is 16.2. The highest BCUT2D eigenvalue weighted by Crippen LogP contribution is 2.17. The molecule has 4 nitrogen and oxygen atoms in total. The summed E-state index contributed by atoms with van der Waals surface area (Å²) in [5, 5.41) is 3.42. The summed E-state index contributed by atoms with van der Waals surface area (Å²) in [5.41, 5.74) is 1.24. The molecule has 1 fully saturated rings. The fourth-order valence-corrected chi connectivity index (χ4v) is 2.30. The first-order valence-electron chi connectivity index (χ1n) is 7.61. The smallest absolute Gasteiger partial charge is 0.123 e. The number of hydrogen-bond donors (Lipinski definition) is 1. The predicted molar refractivity (Wildman–Crippen MR) is 81.2 cm³/mol. The number of nitrogens with one attached hydrogen (secondary N) is 1. The molecule has 0 aromatic heterocycles. The van der Waals surface area contributed by atoms with Crippen molar-refractivity contribution in [2.45, 2.75) is 19.9 Å². The van der Waals surface area contributed by atoms with Gasteiger partial charge in [-0.25, -0.2) is 0 Å². The molecule has 1 heterocycles. The van der Waals surface area contributed by atoms with Gasteiger partial charge in [0.2, 0.25) is 0 Å². The molecular weight excluding hydrogens is 252 g/mol. The van der Waals surface area contributed by atoms with Crippen LogP contribution in [0, 0.1) is 0 Å². The van der Waals surface area contributed by atoms with Crippen LogP contribution in [-0.4, -0.2) is 50.9 Å². The lowest BCUT2D eigenvalue weighted by Crippen LogP contribution is -2.38. The summed E-state index contributed by atoms with van der Waals surface area (Å²) in [7, 11) is 0. The summed E-state index contributed by atoms with van der Waals surface area (Å²) in [4.78, 5) is 2.39. The van der Waals surface area contributed by atoms with Crippen molar-refractivity contribution < 1.29 is 9.47 Å². The zero-order valence-corrected chi connectivity index (χ0v) is 12.4. The van der Waals surface area contributed by atoms with E-state index in [1.54, 1.807) is 0 Å². The van der Waals surface area contributed by atoms with E-state index in [1.165, 1.54) is 5.56 Å². The molecule has 1 aliphatic heterocycles. The number of rotatable bonds is 8. The summed E-state index contributed by atoms with van der Waals surface area (Å²) in [5.74, 6) is 1.00. The van der Waals surface area contributed by atoms with E-state index in [2.05, 4.69) is 35.3 Å². The third kappa shape index (κ3) is 5.12. The van der Waals surface area contributed by atoms with Gasteiger partial charge in [-0.2, -0.15) is 0 Å². The van der Waals surface area contributed by atoms with Crippen molar-refractivity contribution >= 4 is 0 Å². The zero-order chi connectivity index (χ0) is 14.0. The number of nitrogens with zero attached hydrogens (tertiary/aromatic N) is 1. The van der Waals surface area contributed by atoms with Crippen LogP contribution in [0.25, 0.3) is 0 Å². The molecule has 1 aromatic carbocycles. The van der Waals surface area contributed by atoms with Gasteiger partial charge in [0.25, 0.3) is 0 Å². The second-order valence-electron chi connectivity index (χ2n) is 5.09. The van der Waals surface area contributed by atoms with E-state index in [4.69, 9.17) is 9.47 Å². The van der Waals surface area contributed by atoms with Gasteiger partial charge in [0, 0.05) is 31.7 Å². The molecule has 0 atom stereocenters. The molecule has 0 amide bonds. The van der Waals surface area contributed by atoms with Crippen LogP contribution in [0.2, 0.25) is 0 Å². The molecule has 1 aliphatic rings. The monoisotopic (exact) mass is 278 g/mol. The van der Waals surface area contributed by atoms with Gasteiger partial charge in [-0.3, -0.25) is 4.90 Å². The van der Waals surface area contributed by atoms with Crippen molar-refractivity contribution in [3.8, 4) is 5.75 Å². The average Bonchev–Trinajstić information content (AvgIpc) is 2.50. The Bertz CT molecular complexity index is 378. The van der Waals surface area contributed by atoms with Gasteiger partial charge in [0.05, 0.1) is 13.2 Å². The largest absolute Gasteiger partial charge is 0.492 e. The topological polar surface area (TPSA) is 33.7 Å². The van der Waals surface area contributed by atoms with Crippen molar-refractivity contribution in [2.75, 3.05) is 46.0 Å². The summed E-state index contributed by atoms with van der Waals surface area (Å²) >= 11 is 0. The van der Waals surface area contributed by atoms with Gasteiger partial charge in [-0.05, 0) is 19.0 Å². The molecule has 1 aromatic rings. The summed E-state index contributed by atoms with van der Waals surface area (Å²) in [6, 6.07) is 8.29. The maximum Gasteiger partial charge on any atom is 0.123 e. The van der Waals surface area contributed by atoms with Crippen molar-refractivity contribution in [1.82, 2.24) is 10.2 Å². The molecule has 0 bridgehead atoms. The van der Waals surface area contributed by atoms with Crippen molar-refractivity contribution in [2.24, 2.45) is 0 Å². The predicted octanol–water partition coefficient (Wildman–Crippen LogP) is 1.90. The van der Waals surface area contributed by atoms with Gasteiger partial charge in [-0.15, -0.1) is 0 Å². The van der Waals surface area contributed by atoms with E-state index < -0.39 is 0 Å². The fourth-order valence-electron chi connectivity index (χ4n) is 2.30. The Kier molecular flexibility index (Phi) is 6.84. The van der Waals surface area contributed by atoms with Gasteiger partial charge >= 0.3 is 0 Å². The molecule has 1 saturated heterocycles. The van der Waals surface area contributed by atoms with E-state index >= 15 is 0 Å². The SMILES string of the molecule is CCCNCc1ccccc1OCCN1CCOCC1. The Labute approximate surface area is 122 Å². The molecule has 0 saturated carbocycles. The van der Waals surface area contributed by atoms with Crippen LogP contribution >= 0.6 is 0 Å². The summed E-state index contributed by atoms with van der Waals surface area (Å²) in [6.45, 7) is 9.54. The van der Waals surface area contributed by atoms with E-state index in [-0.39, 0.29) is 0 Å². The van der Waals surface area contributed by atoms with Crippen molar-refractivity contribution in [1.29, 1.82) is 0 Å². The van der Waals surface area contributed by atoms with Crippen LogP contribution in [0.4, 0.5) is 0 Å². The van der Waals surface area contributed by atoms with Crippen LogP contribution in [0.15, 0.2) is 24.3 Å². The average molecular weight is 278 g/mol. The molecule has 1 N–H and O–H groups in total. The number of benzene rings is 1. The van der Waals surface area contributed by atoms with E-state index in [1.807, 2.05) is 6.07 Å². The first-order valence-corrected chi connectivity index (χ1v) is 7.61. The summed E-state index contributed by atoms with van der Waals surface area (Å²) < 4.78 is 11.3. The lowest BCUT2D eigenvalue weighted by molar-refractivity contribution is 0.0322. The molecule has 2 rings (SSSR count). The number of ether oxygens (including phenoxy) is 2. The molecule has 0 unspecified atom stereocenters. The van der Waals surface area contributed by atoms with Crippen LogP contribution in [-0.2, 0) is 11.3 Å². The van der Waals surface area contributed by atoms with Crippen LogP contribution in [0.3, 0.4) is 0 Å². The minimum absolute atomic E-state index is 0.741. The highest BCUT2D eigenvalue weighted by atomic mass is 16.5. The zero-order valence-electron chi connectivity index (χ0n) is 12.4. The Morgan fingerprint density at radius 3 is 2.85 bits per heavy atom. The molecule has 112 valence electrons. The highest BCUT2D eigenvalue weighted by Gasteiger charge is 2.10. The van der Waals surface area contributed by atoms with Crippen LogP contribution in [0.5, 0.6) is 5.75 Å². The molecule has 0 radical (unpaired) electrons. The molecule has 0 spiro atoms. The number of morpholine rings is 1. The van der Waals surface area contributed by atoms with Gasteiger partial charge in [-0.1, -0.05) is 25.1 Å². The quantitative estimate of drug-likeness (QED) is 0.736. The first-order chi connectivity index (χ1) is 9.90. The Morgan fingerprint density at radius 1 is 1.25 bits per heavy atom. The molecule has 0 aliphatic carbocycles. The Morgan fingerprint density at radius 2 is 2.05 bits per heavy atom. The van der Waals surface area contributed by atoms with E-state index in [0.717, 1.165) is 64.7 Å². The summed E-state index contributed by atoms with van der Waals surface area (Å²) in [6.07, 6.45) is 1.15. The van der Waals surface area contributed by atoms with Crippen LogP contribution in [0.1, 0.15) is 18.9 Å². The molecule has 20 heavy (non-hydrogen) atoms. The molecule has 4 heteroatoms. The third-order valence-corrected chi connectivity index (χ3v) is 3.48. The minimum atomic E-state index is 0.741. The van der Waals surface area contributed by atoms with Gasteiger partial charge in [0.15, 0.2) is 0 Å². The maximum absolute atomic E-state index is 5.95. The van der Waals surface area contributed by atoms with Crippen LogP contribution < -0.4 is 10.1 Å². The van der Waals surface area contributed by atoms with Gasteiger partial charge < -0.3 is 14.8 Å². The third-order valence-electron chi connectivity index (χ3n) is 3.48. The van der Waals surface area contributed by atoms with Gasteiger partial charge in [0.1, 0.15) is 12.4 Å². The number of para-hydroxylation sites is 1. The minimum Gasteiger partial charge on any atom is -0.492 e. The lowest BCUT2D eigenvalue weighted by Gasteiger charge is -2.26. The second kappa shape index (κ2) is 8.95. The second-order valence-corrected chi connectivity index (χ2v) is 5.09. The van der Waals surface area contributed by atoms with E-state index in [9.17, 15) is 0 Å². The lowest BCUT2D eigenvalue weighted by atomic mass is 10.2. The first kappa shape index (κ1) is 15.3. The van der Waals surface area contributed by atoms with E-state index in [0.29, 0.717) is 0 Å². The standard InChI is InChI=1S/C16H26N2O2/c1-2-7-17-14-15-5-3-4-6-16(15)20-13-10-18-8-11-19-12-9-18/h3-6,17H,2,7-14H2,1H3. The number of hydrogen-bond acceptors (Lipinski definition) is 4. The Balaban J connectivity index is 1.76. The fraction of sp³-hybridized carbons (Fsp3) is 0.625. The Hall–Kier alpha value is -1.10. The highest BCUT2D eigenvalue weighted by molar-refractivity contribution is 5.33. The molecular formula is C16H26N2O2. The van der Waals surface area contributed by atoms with Crippen molar-refractivity contribution in [3.63, 3.8) is 0 Å².